The quantitative estimate of drug-likeness (QED) is 0.463. The molecule has 8 heteroatoms. The number of fused-ring (bicyclic) bond motifs is 2. The van der Waals surface area contributed by atoms with Gasteiger partial charge in [0.25, 0.3) is 0 Å². The first kappa shape index (κ1) is 17.1. The van der Waals surface area contributed by atoms with Crippen LogP contribution in [0.25, 0.3) is 32.9 Å². The number of carbonyl (C=O) groups excluding carboxylic acids is 2. The van der Waals surface area contributed by atoms with Gasteiger partial charge in [0.15, 0.2) is 0 Å². The minimum Gasteiger partial charge on any atom is -0.324 e. The van der Waals surface area contributed by atoms with Crippen molar-refractivity contribution in [3.63, 3.8) is 0 Å². The number of H-pyrrole nitrogens is 1. The van der Waals surface area contributed by atoms with Gasteiger partial charge in [-0.3, -0.25) is 23.8 Å². The molecule has 29 heavy (non-hydrogen) atoms. The summed E-state index contributed by atoms with van der Waals surface area (Å²) in [5, 5.41) is 8.51. The van der Waals surface area contributed by atoms with E-state index in [1.807, 2.05) is 48.5 Å². The van der Waals surface area contributed by atoms with Gasteiger partial charge in [0.05, 0.1) is 17.6 Å². The van der Waals surface area contributed by atoms with Gasteiger partial charge in [-0.25, -0.2) is 4.98 Å². The molecule has 0 saturated heterocycles. The van der Waals surface area contributed by atoms with Gasteiger partial charge in [0.1, 0.15) is 5.82 Å². The number of aromatic amines is 1. The minimum absolute atomic E-state index is 0.0681. The normalized spacial score (nSPS) is 11.3. The standard InChI is InChI=1S/C21H16N6O2/c22-11-19-23-20(25-24-19)21(29)27-10-8-16-14(4-2-6-18(16)27)13-3-1-5-17-15(13)7-9-26(17)12-28/h1-10,12H,11,22H2,(H,23,24,25). The fraction of sp³-hybridized carbons (Fsp3) is 0.0476. The minimum atomic E-state index is -0.335. The van der Waals surface area contributed by atoms with Crippen LogP contribution in [0, 0.1) is 0 Å². The van der Waals surface area contributed by atoms with Gasteiger partial charge < -0.3 is 5.73 Å². The maximum atomic E-state index is 12.9. The first-order chi connectivity index (χ1) is 14.2. The van der Waals surface area contributed by atoms with Gasteiger partial charge in [-0.1, -0.05) is 24.3 Å². The molecule has 3 aromatic heterocycles. The third-order valence-electron chi connectivity index (χ3n) is 5.03. The van der Waals surface area contributed by atoms with E-state index in [0.717, 1.165) is 39.3 Å². The zero-order chi connectivity index (χ0) is 20.0. The van der Waals surface area contributed by atoms with E-state index in [1.165, 1.54) is 4.57 Å². The fourth-order valence-corrected chi connectivity index (χ4v) is 3.68. The molecule has 0 fully saturated rings. The van der Waals surface area contributed by atoms with Crippen LogP contribution < -0.4 is 5.73 Å². The highest BCUT2D eigenvalue weighted by Gasteiger charge is 2.18. The Morgan fingerprint density at radius 3 is 2.38 bits per heavy atom. The first-order valence-corrected chi connectivity index (χ1v) is 9.02. The van der Waals surface area contributed by atoms with E-state index in [-0.39, 0.29) is 18.3 Å². The number of nitrogens with zero attached hydrogens (tertiary/aromatic N) is 4. The lowest BCUT2D eigenvalue weighted by Gasteiger charge is -2.08. The number of benzene rings is 2. The highest BCUT2D eigenvalue weighted by molar-refractivity contribution is 6.08. The predicted octanol–water partition coefficient (Wildman–Crippen LogP) is 2.57. The summed E-state index contributed by atoms with van der Waals surface area (Å²) in [4.78, 5) is 28.3. The summed E-state index contributed by atoms with van der Waals surface area (Å²) in [6.45, 7) is 0.182. The van der Waals surface area contributed by atoms with Crippen LogP contribution in [0.3, 0.4) is 0 Å². The molecule has 2 aromatic carbocycles. The van der Waals surface area contributed by atoms with Crippen molar-refractivity contribution in [3.05, 3.63) is 72.6 Å². The molecule has 142 valence electrons. The Morgan fingerprint density at radius 1 is 1.00 bits per heavy atom. The van der Waals surface area contributed by atoms with Crippen LogP contribution in [0.2, 0.25) is 0 Å². The molecule has 0 amide bonds. The molecule has 0 unspecified atom stereocenters. The lowest BCUT2D eigenvalue weighted by atomic mass is 9.98. The number of nitrogens with one attached hydrogen (secondary N) is 1. The van der Waals surface area contributed by atoms with Crippen LogP contribution in [0.15, 0.2) is 60.9 Å². The van der Waals surface area contributed by atoms with Crippen LogP contribution in [-0.2, 0) is 11.3 Å². The van der Waals surface area contributed by atoms with Crippen molar-refractivity contribution < 1.29 is 9.59 Å². The fourth-order valence-electron chi connectivity index (χ4n) is 3.68. The average Bonchev–Trinajstić information content (AvgIpc) is 3.50. The second-order valence-electron chi connectivity index (χ2n) is 6.61. The van der Waals surface area contributed by atoms with Crippen LogP contribution in [0.1, 0.15) is 16.4 Å². The van der Waals surface area contributed by atoms with E-state index in [9.17, 15) is 9.59 Å². The second kappa shape index (κ2) is 6.54. The SMILES string of the molecule is NCc1nc(C(=O)n2ccc3c(-c4cccc5c4ccn5C=O)cccc32)n[nH]1. The summed E-state index contributed by atoms with van der Waals surface area (Å²) in [5.74, 6) is 0.189. The van der Waals surface area contributed by atoms with Crippen LogP contribution in [0.4, 0.5) is 0 Å². The Morgan fingerprint density at radius 2 is 1.69 bits per heavy atom. The van der Waals surface area contributed by atoms with Gasteiger partial charge in [-0.15, -0.1) is 5.10 Å². The zero-order valence-corrected chi connectivity index (χ0v) is 15.2. The second-order valence-corrected chi connectivity index (χ2v) is 6.61. The Labute approximate surface area is 164 Å². The van der Waals surface area contributed by atoms with E-state index in [2.05, 4.69) is 15.2 Å². The summed E-state index contributed by atoms with van der Waals surface area (Å²) in [6, 6.07) is 15.4. The molecule has 0 atom stereocenters. The van der Waals surface area contributed by atoms with Crippen molar-refractivity contribution in [2.45, 2.75) is 6.54 Å². The largest absolute Gasteiger partial charge is 0.324 e. The Hall–Kier alpha value is -4.04. The first-order valence-electron chi connectivity index (χ1n) is 9.02. The maximum absolute atomic E-state index is 12.9. The lowest BCUT2D eigenvalue weighted by molar-refractivity contribution is 0.0955. The van der Waals surface area contributed by atoms with E-state index < -0.39 is 0 Å². The molecule has 0 aliphatic heterocycles. The summed E-state index contributed by atoms with van der Waals surface area (Å²) in [6.07, 6.45) is 4.24. The lowest BCUT2D eigenvalue weighted by Crippen LogP contribution is -2.12. The smallest absolute Gasteiger partial charge is 0.302 e. The Kier molecular flexibility index (Phi) is 3.85. The average molecular weight is 384 g/mol. The van der Waals surface area contributed by atoms with Crippen LogP contribution in [0.5, 0.6) is 0 Å². The summed E-state index contributed by atoms with van der Waals surface area (Å²) >= 11 is 0. The molecule has 0 spiro atoms. The third kappa shape index (κ3) is 2.58. The Balaban J connectivity index is 1.67. The van der Waals surface area contributed by atoms with Gasteiger partial charge >= 0.3 is 5.91 Å². The van der Waals surface area contributed by atoms with E-state index in [1.54, 1.807) is 17.0 Å². The molecule has 0 aliphatic rings. The van der Waals surface area contributed by atoms with Crippen molar-refractivity contribution in [3.8, 4) is 11.1 Å². The van der Waals surface area contributed by atoms with Crippen molar-refractivity contribution in [2.75, 3.05) is 0 Å². The molecular formula is C21H16N6O2. The molecule has 5 rings (SSSR count). The molecular weight excluding hydrogens is 368 g/mol. The third-order valence-corrected chi connectivity index (χ3v) is 5.03. The molecule has 0 aliphatic carbocycles. The highest BCUT2D eigenvalue weighted by Crippen LogP contribution is 2.34. The summed E-state index contributed by atoms with van der Waals surface area (Å²) < 4.78 is 3.07. The monoisotopic (exact) mass is 384 g/mol. The van der Waals surface area contributed by atoms with Gasteiger partial charge in [-0.2, -0.15) is 0 Å². The number of rotatable bonds is 4. The van der Waals surface area contributed by atoms with Crippen LogP contribution >= 0.6 is 0 Å². The number of aromatic nitrogens is 5. The van der Waals surface area contributed by atoms with Gasteiger partial charge in [0.2, 0.25) is 12.2 Å². The maximum Gasteiger partial charge on any atom is 0.302 e. The van der Waals surface area contributed by atoms with E-state index in [4.69, 9.17) is 5.73 Å². The van der Waals surface area contributed by atoms with Gasteiger partial charge in [-0.05, 0) is 35.4 Å². The summed E-state index contributed by atoms with van der Waals surface area (Å²) in [5.41, 5.74) is 9.08. The molecule has 0 saturated carbocycles. The number of hydrogen-bond donors (Lipinski definition) is 2. The molecule has 3 heterocycles. The molecule has 3 N–H and O–H groups in total. The number of carbonyl (C=O) groups is 2. The van der Waals surface area contributed by atoms with Crippen molar-refractivity contribution >= 4 is 34.1 Å². The molecule has 8 nitrogen and oxygen atoms in total. The van der Waals surface area contributed by atoms with Crippen molar-refractivity contribution in [1.82, 2.24) is 24.3 Å². The predicted molar refractivity (Wildman–Crippen MR) is 109 cm³/mol. The van der Waals surface area contributed by atoms with Crippen LogP contribution in [-0.4, -0.2) is 36.6 Å². The van der Waals surface area contributed by atoms with Crippen molar-refractivity contribution in [2.24, 2.45) is 5.73 Å². The molecule has 5 aromatic rings. The molecule has 0 radical (unpaired) electrons. The topological polar surface area (TPSA) is 112 Å². The van der Waals surface area contributed by atoms with E-state index in [0.29, 0.717) is 5.82 Å². The highest BCUT2D eigenvalue weighted by atomic mass is 16.2. The number of nitrogens with two attached hydrogens (primary N) is 1. The Bertz CT molecular complexity index is 1390. The van der Waals surface area contributed by atoms with Gasteiger partial charge in [0, 0.05) is 23.2 Å². The van der Waals surface area contributed by atoms with E-state index >= 15 is 0 Å². The summed E-state index contributed by atoms with van der Waals surface area (Å²) in [7, 11) is 0. The zero-order valence-electron chi connectivity index (χ0n) is 15.2. The molecule has 0 bridgehead atoms. The van der Waals surface area contributed by atoms with Crippen molar-refractivity contribution in [1.29, 1.82) is 0 Å². The number of hydrogen-bond acceptors (Lipinski definition) is 5.